The van der Waals surface area contributed by atoms with Gasteiger partial charge in [0.05, 0.1) is 0 Å². The summed E-state index contributed by atoms with van der Waals surface area (Å²) in [5, 5.41) is 3.52. The summed E-state index contributed by atoms with van der Waals surface area (Å²) < 4.78 is 2.13. The fraction of sp³-hybridized carbons (Fsp3) is 0.400. The Kier molecular flexibility index (Phi) is 7.84. The summed E-state index contributed by atoms with van der Waals surface area (Å²) in [4.78, 5) is 0. The van der Waals surface area contributed by atoms with Gasteiger partial charge in [0.2, 0.25) is 5.69 Å². The van der Waals surface area contributed by atoms with Gasteiger partial charge < -0.3 is 5.32 Å². The number of anilines is 1. The van der Waals surface area contributed by atoms with Gasteiger partial charge in [0.15, 0.2) is 0 Å². The molecule has 0 heterocycles. The molecule has 27 heavy (non-hydrogen) atoms. The van der Waals surface area contributed by atoms with Gasteiger partial charge in [-0.3, -0.25) is 0 Å². The standard InChI is InChI=1S/C25H35N2/c1-7-9-23(22(5)26-24-14-11-19(2)12-15-24)10-8-17-27(6)25-16-13-20(3)18-21(25)4/h11-16,18,23,26H,5-10,17H2,1-4H3/q+1. The molecule has 1 unspecified atom stereocenters. The first-order chi connectivity index (χ1) is 12.9. The predicted octanol–water partition coefficient (Wildman–Crippen LogP) is 6.78. The molecule has 0 aromatic heterocycles. The first kappa shape index (κ1) is 21.0. The molecule has 2 aromatic rings. The van der Waals surface area contributed by atoms with Crippen LogP contribution in [0.15, 0.2) is 54.7 Å². The van der Waals surface area contributed by atoms with Gasteiger partial charge in [-0.25, -0.2) is 4.58 Å². The molecule has 2 aromatic carbocycles. The minimum atomic E-state index is 0.490. The van der Waals surface area contributed by atoms with Crippen molar-refractivity contribution < 1.29 is 4.58 Å². The van der Waals surface area contributed by atoms with E-state index in [4.69, 9.17) is 0 Å². The van der Waals surface area contributed by atoms with Crippen LogP contribution in [0.1, 0.15) is 49.3 Å². The lowest BCUT2D eigenvalue weighted by Crippen LogP contribution is -2.14. The number of rotatable bonds is 10. The van der Waals surface area contributed by atoms with Crippen LogP contribution in [0.2, 0.25) is 0 Å². The molecule has 0 bridgehead atoms. The van der Waals surface area contributed by atoms with Crippen molar-refractivity contribution in [3.63, 3.8) is 0 Å². The van der Waals surface area contributed by atoms with E-state index >= 15 is 0 Å². The summed E-state index contributed by atoms with van der Waals surface area (Å²) in [6.45, 7) is 18.2. The van der Waals surface area contributed by atoms with Crippen molar-refractivity contribution in [2.75, 3.05) is 11.9 Å². The summed E-state index contributed by atoms with van der Waals surface area (Å²) in [6.07, 6.45) is 4.57. The Morgan fingerprint density at radius 3 is 2.30 bits per heavy atom. The van der Waals surface area contributed by atoms with Crippen LogP contribution in [-0.4, -0.2) is 17.8 Å². The van der Waals surface area contributed by atoms with Gasteiger partial charge in [-0.1, -0.05) is 49.2 Å². The fourth-order valence-corrected chi connectivity index (χ4v) is 3.57. The average molecular weight is 364 g/mol. The summed E-state index contributed by atoms with van der Waals surface area (Å²) in [7, 11) is 0. The van der Waals surface area contributed by atoms with Crippen molar-refractivity contribution in [1.29, 1.82) is 0 Å². The average Bonchev–Trinajstić information content (AvgIpc) is 2.62. The normalized spacial score (nSPS) is 11.9. The maximum Gasteiger partial charge on any atom is 0.207 e. The van der Waals surface area contributed by atoms with Gasteiger partial charge in [0, 0.05) is 29.4 Å². The number of allylic oxidation sites excluding steroid dienone is 1. The molecule has 0 radical (unpaired) electrons. The molecule has 0 aliphatic rings. The van der Waals surface area contributed by atoms with E-state index in [2.05, 4.69) is 93.3 Å². The molecule has 2 rings (SSSR count). The SMILES string of the molecule is C=C(Nc1ccc(C)cc1)C(CCC)CCC[N+](=C)c1ccc(C)cc1C. The maximum absolute atomic E-state index is 4.33. The molecule has 0 saturated carbocycles. The van der Waals surface area contributed by atoms with Crippen LogP contribution in [0.4, 0.5) is 11.4 Å². The van der Waals surface area contributed by atoms with Gasteiger partial charge in [-0.15, -0.1) is 0 Å². The van der Waals surface area contributed by atoms with Crippen LogP contribution in [0.25, 0.3) is 0 Å². The fourth-order valence-electron chi connectivity index (χ4n) is 3.57. The Morgan fingerprint density at radius 2 is 1.67 bits per heavy atom. The van der Waals surface area contributed by atoms with E-state index in [0.717, 1.165) is 30.8 Å². The van der Waals surface area contributed by atoms with Crippen molar-refractivity contribution >= 4 is 18.1 Å². The zero-order chi connectivity index (χ0) is 19.8. The minimum Gasteiger partial charge on any atom is -0.359 e. The van der Waals surface area contributed by atoms with Crippen molar-refractivity contribution in [2.45, 2.75) is 53.4 Å². The molecular formula is C25H35N2+. The number of aryl methyl sites for hydroxylation is 3. The molecule has 2 nitrogen and oxygen atoms in total. The van der Waals surface area contributed by atoms with Crippen molar-refractivity contribution in [3.8, 4) is 0 Å². The van der Waals surface area contributed by atoms with Crippen LogP contribution in [0.5, 0.6) is 0 Å². The van der Waals surface area contributed by atoms with Crippen molar-refractivity contribution in [1.82, 2.24) is 0 Å². The second kappa shape index (κ2) is 10.1. The molecule has 0 saturated heterocycles. The van der Waals surface area contributed by atoms with Crippen LogP contribution < -0.4 is 5.32 Å². The van der Waals surface area contributed by atoms with E-state index < -0.39 is 0 Å². The molecule has 144 valence electrons. The van der Waals surface area contributed by atoms with Crippen LogP contribution in [0, 0.1) is 26.7 Å². The molecule has 0 aliphatic heterocycles. The quantitative estimate of drug-likeness (QED) is 0.363. The van der Waals surface area contributed by atoms with E-state index in [1.165, 1.54) is 35.2 Å². The van der Waals surface area contributed by atoms with Crippen LogP contribution in [0.3, 0.4) is 0 Å². The highest BCUT2D eigenvalue weighted by Gasteiger charge is 2.15. The second-order valence-corrected chi connectivity index (χ2v) is 7.70. The summed E-state index contributed by atoms with van der Waals surface area (Å²) in [6, 6.07) is 15.1. The molecule has 2 heteroatoms. The topological polar surface area (TPSA) is 15.0 Å². The molecule has 0 aliphatic carbocycles. The molecule has 1 atom stereocenters. The zero-order valence-electron chi connectivity index (χ0n) is 17.5. The van der Waals surface area contributed by atoms with E-state index in [9.17, 15) is 0 Å². The Morgan fingerprint density at radius 1 is 1.00 bits per heavy atom. The Hall–Kier alpha value is -2.35. The van der Waals surface area contributed by atoms with E-state index in [1.54, 1.807) is 0 Å². The second-order valence-electron chi connectivity index (χ2n) is 7.70. The Bertz CT molecular complexity index is 771. The summed E-state index contributed by atoms with van der Waals surface area (Å²) >= 11 is 0. The predicted molar refractivity (Wildman–Crippen MR) is 119 cm³/mol. The lowest BCUT2D eigenvalue weighted by atomic mass is 9.94. The number of nitrogens with one attached hydrogen (secondary N) is 1. The lowest BCUT2D eigenvalue weighted by Gasteiger charge is -2.20. The third kappa shape index (κ3) is 6.39. The first-order valence-corrected chi connectivity index (χ1v) is 10.1. The van der Waals surface area contributed by atoms with Gasteiger partial charge in [0.1, 0.15) is 13.3 Å². The van der Waals surface area contributed by atoms with Crippen molar-refractivity contribution in [3.05, 3.63) is 71.4 Å². The Labute approximate surface area is 165 Å². The third-order valence-electron chi connectivity index (χ3n) is 5.16. The largest absolute Gasteiger partial charge is 0.359 e. The van der Waals surface area contributed by atoms with Crippen LogP contribution in [-0.2, 0) is 0 Å². The number of hydrogen-bond donors (Lipinski definition) is 1. The number of benzene rings is 2. The highest BCUT2D eigenvalue weighted by Crippen LogP contribution is 2.25. The molecule has 0 spiro atoms. The molecule has 0 fully saturated rings. The highest BCUT2D eigenvalue weighted by atomic mass is 15.0. The van der Waals surface area contributed by atoms with E-state index in [-0.39, 0.29) is 0 Å². The lowest BCUT2D eigenvalue weighted by molar-refractivity contribution is -0.432. The molecule has 1 N–H and O–H groups in total. The van der Waals surface area contributed by atoms with Crippen molar-refractivity contribution in [2.24, 2.45) is 5.92 Å². The smallest absolute Gasteiger partial charge is 0.207 e. The number of nitrogens with zero attached hydrogens (tertiary/aromatic N) is 1. The first-order valence-electron chi connectivity index (χ1n) is 10.1. The monoisotopic (exact) mass is 363 g/mol. The molecular weight excluding hydrogens is 328 g/mol. The van der Waals surface area contributed by atoms with Gasteiger partial charge >= 0.3 is 0 Å². The maximum atomic E-state index is 4.33. The van der Waals surface area contributed by atoms with Gasteiger partial charge in [-0.2, -0.15) is 0 Å². The van der Waals surface area contributed by atoms with Crippen LogP contribution >= 0.6 is 0 Å². The Balaban J connectivity index is 1.90. The zero-order valence-corrected chi connectivity index (χ0v) is 17.5. The van der Waals surface area contributed by atoms with E-state index in [1.807, 2.05) is 0 Å². The molecule has 0 amide bonds. The van der Waals surface area contributed by atoms with Gasteiger partial charge in [-0.05, 0) is 57.7 Å². The summed E-state index contributed by atoms with van der Waals surface area (Å²) in [5.74, 6) is 0.490. The minimum absolute atomic E-state index is 0.490. The highest BCUT2D eigenvalue weighted by molar-refractivity contribution is 5.49. The summed E-state index contributed by atoms with van der Waals surface area (Å²) in [5.41, 5.74) is 7.35. The van der Waals surface area contributed by atoms with Gasteiger partial charge in [0.25, 0.3) is 0 Å². The number of hydrogen-bond acceptors (Lipinski definition) is 1. The van der Waals surface area contributed by atoms with E-state index in [0.29, 0.717) is 5.92 Å². The third-order valence-corrected chi connectivity index (χ3v) is 5.16.